The van der Waals surface area contributed by atoms with Gasteiger partial charge in [-0.05, 0) is 49.8 Å². The highest BCUT2D eigenvalue weighted by atomic mass is 15.1. The number of hydrogen-bond acceptors (Lipinski definition) is 2. The van der Waals surface area contributed by atoms with E-state index in [1.54, 1.807) is 11.1 Å². The van der Waals surface area contributed by atoms with Gasteiger partial charge in [-0.1, -0.05) is 31.2 Å². The molecule has 2 N–H and O–H groups in total. The number of nitrogens with two attached hydrogens (primary N) is 1. The van der Waals surface area contributed by atoms with Crippen LogP contribution in [0.4, 0.5) is 0 Å². The van der Waals surface area contributed by atoms with E-state index in [1.165, 1.54) is 45.3 Å². The van der Waals surface area contributed by atoms with Crippen LogP contribution in [0, 0.1) is 0 Å². The molecule has 2 nitrogen and oxygen atoms in total. The van der Waals surface area contributed by atoms with E-state index < -0.39 is 0 Å². The van der Waals surface area contributed by atoms with Crippen molar-refractivity contribution in [3.8, 4) is 0 Å². The standard InChI is InChI=1S/C16H26N2/c1-2-16(17)8-5-11-18-12-9-14-6-3-4-7-15(14)10-13-18/h3-4,6-7,16H,2,5,8-13,17H2,1H3. The second kappa shape index (κ2) is 6.91. The first-order chi connectivity index (χ1) is 8.79. The minimum absolute atomic E-state index is 0.397. The Labute approximate surface area is 111 Å². The van der Waals surface area contributed by atoms with Crippen LogP contribution in [-0.4, -0.2) is 30.6 Å². The van der Waals surface area contributed by atoms with Crippen LogP contribution >= 0.6 is 0 Å². The van der Waals surface area contributed by atoms with E-state index in [1.807, 2.05) is 0 Å². The van der Waals surface area contributed by atoms with Crippen molar-refractivity contribution in [3.63, 3.8) is 0 Å². The second-order valence-electron chi connectivity index (χ2n) is 5.42. The first-order valence-electron chi connectivity index (χ1n) is 7.34. The van der Waals surface area contributed by atoms with Gasteiger partial charge < -0.3 is 10.6 Å². The average molecular weight is 246 g/mol. The van der Waals surface area contributed by atoms with Crippen molar-refractivity contribution in [3.05, 3.63) is 35.4 Å². The largest absolute Gasteiger partial charge is 0.328 e. The van der Waals surface area contributed by atoms with E-state index in [-0.39, 0.29) is 0 Å². The van der Waals surface area contributed by atoms with E-state index in [0.717, 1.165) is 6.42 Å². The molecule has 1 atom stereocenters. The van der Waals surface area contributed by atoms with Crippen LogP contribution in [0.1, 0.15) is 37.3 Å². The topological polar surface area (TPSA) is 29.3 Å². The zero-order valence-electron chi connectivity index (χ0n) is 11.6. The maximum Gasteiger partial charge on any atom is 0.00366 e. The molecular weight excluding hydrogens is 220 g/mol. The van der Waals surface area contributed by atoms with Gasteiger partial charge in [-0.25, -0.2) is 0 Å². The van der Waals surface area contributed by atoms with Gasteiger partial charge in [0, 0.05) is 19.1 Å². The lowest BCUT2D eigenvalue weighted by molar-refractivity contribution is 0.277. The van der Waals surface area contributed by atoms with Gasteiger partial charge in [0.25, 0.3) is 0 Å². The molecular formula is C16H26N2. The third-order valence-corrected chi connectivity index (χ3v) is 4.09. The summed E-state index contributed by atoms with van der Waals surface area (Å²) in [5.74, 6) is 0. The van der Waals surface area contributed by atoms with Crippen LogP contribution in [0.2, 0.25) is 0 Å². The van der Waals surface area contributed by atoms with Crippen molar-refractivity contribution in [2.45, 2.75) is 45.1 Å². The van der Waals surface area contributed by atoms with Crippen LogP contribution in [0.25, 0.3) is 0 Å². The molecule has 0 radical (unpaired) electrons. The summed E-state index contributed by atoms with van der Waals surface area (Å²) >= 11 is 0. The minimum atomic E-state index is 0.397. The molecule has 1 unspecified atom stereocenters. The van der Waals surface area contributed by atoms with Crippen LogP contribution < -0.4 is 5.73 Å². The van der Waals surface area contributed by atoms with Crippen molar-refractivity contribution in [2.24, 2.45) is 5.73 Å². The van der Waals surface area contributed by atoms with Crippen LogP contribution in [0.5, 0.6) is 0 Å². The van der Waals surface area contributed by atoms with E-state index in [2.05, 4.69) is 36.1 Å². The third-order valence-electron chi connectivity index (χ3n) is 4.09. The van der Waals surface area contributed by atoms with Crippen molar-refractivity contribution >= 4 is 0 Å². The molecule has 0 amide bonds. The normalized spacial score (nSPS) is 18.1. The van der Waals surface area contributed by atoms with Gasteiger partial charge in [0.05, 0.1) is 0 Å². The summed E-state index contributed by atoms with van der Waals surface area (Å²) in [5, 5.41) is 0. The zero-order valence-corrected chi connectivity index (χ0v) is 11.6. The Balaban J connectivity index is 1.78. The highest BCUT2D eigenvalue weighted by Gasteiger charge is 2.13. The zero-order chi connectivity index (χ0) is 12.8. The summed E-state index contributed by atoms with van der Waals surface area (Å²) < 4.78 is 0. The SMILES string of the molecule is CCC(N)CCCN1CCc2ccccc2CC1. The highest BCUT2D eigenvalue weighted by molar-refractivity contribution is 5.28. The Kier molecular flexibility index (Phi) is 5.21. The first kappa shape index (κ1) is 13.6. The number of fused-ring (bicyclic) bond motifs is 1. The summed E-state index contributed by atoms with van der Waals surface area (Å²) in [6, 6.07) is 9.29. The van der Waals surface area contributed by atoms with Gasteiger partial charge in [0.2, 0.25) is 0 Å². The smallest absolute Gasteiger partial charge is 0.00366 e. The number of benzene rings is 1. The van der Waals surface area contributed by atoms with Crippen LogP contribution in [0.3, 0.4) is 0 Å². The van der Waals surface area contributed by atoms with E-state index in [9.17, 15) is 0 Å². The summed E-state index contributed by atoms with van der Waals surface area (Å²) in [5.41, 5.74) is 9.06. The lowest BCUT2D eigenvalue weighted by Crippen LogP contribution is -2.29. The van der Waals surface area contributed by atoms with E-state index in [4.69, 9.17) is 5.73 Å². The Bertz CT molecular complexity index is 335. The monoisotopic (exact) mass is 246 g/mol. The minimum Gasteiger partial charge on any atom is -0.328 e. The van der Waals surface area contributed by atoms with E-state index in [0.29, 0.717) is 6.04 Å². The lowest BCUT2D eigenvalue weighted by Gasteiger charge is -2.20. The molecule has 100 valence electrons. The van der Waals surface area contributed by atoms with Gasteiger partial charge in [0.1, 0.15) is 0 Å². The predicted molar refractivity (Wildman–Crippen MR) is 77.8 cm³/mol. The summed E-state index contributed by atoms with van der Waals surface area (Å²) in [6.07, 6.45) is 5.92. The second-order valence-corrected chi connectivity index (χ2v) is 5.42. The molecule has 2 rings (SSSR count). The molecule has 0 bridgehead atoms. The molecule has 0 fully saturated rings. The molecule has 1 aromatic carbocycles. The van der Waals surface area contributed by atoms with Gasteiger partial charge in [-0.15, -0.1) is 0 Å². The molecule has 0 spiro atoms. The molecule has 0 aromatic heterocycles. The van der Waals surface area contributed by atoms with Gasteiger partial charge in [0.15, 0.2) is 0 Å². The van der Waals surface area contributed by atoms with Crippen molar-refractivity contribution in [2.75, 3.05) is 19.6 Å². The Hall–Kier alpha value is -0.860. The number of nitrogens with zero attached hydrogens (tertiary/aromatic N) is 1. The van der Waals surface area contributed by atoms with Crippen LogP contribution in [-0.2, 0) is 12.8 Å². The highest BCUT2D eigenvalue weighted by Crippen LogP contribution is 2.15. The summed E-state index contributed by atoms with van der Waals surface area (Å²) in [6.45, 7) is 5.80. The Morgan fingerprint density at radius 3 is 2.33 bits per heavy atom. The number of hydrogen-bond donors (Lipinski definition) is 1. The fourth-order valence-electron chi connectivity index (χ4n) is 2.72. The van der Waals surface area contributed by atoms with E-state index >= 15 is 0 Å². The summed E-state index contributed by atoms with van der Waals surface area (Å²) in [4.78, 5) is 2.60. The molecule has 1 aliphatic rings. The van der Waals surface area contributed by atoms with Crippen molar-refractivity contribution < 1.29 is 0 Å². The van der Waals surface area contributed by atoms with Gasteiger partial charge in [-0.2, -0.15) is 0 Å². The molecule has 1 aliphatic heterocycles. The third kappa shape index (κ3) is 3.82. The van der Waals surface area contributed by atoms with Crippen molar-refractivity contribution in [1.29, 1.82) is 0 Å². The molecule has 0 saturated heterocycles. The Morgan fingerprint density at radius 1 is 1.17 bits per heavy atom. The fraction of sp³-hybridized carbons (Fsp3) is 0.625. The fourth-order valence-corrected chi connectivity index (χ4v) is 2.72. The van der Waals surface area contributed by atoms with Gasteiger partial charge >= 0.3 is 0 Å². The maximum absolute atomic E-state index is 5.97. The Morgan fingerprint density at radius 2 is 1.78 bits per heavy atom. The molecule has 0 saturated carbocycles. The lowest BCUT2D eigenvalue weighted by atomic mass is 10.0. The summed E-state index contributed by atoms with van der Waals surface area (Å²) in [7, 11) is 0. The maximum atomic E-state index is 5.97. The molecule has 0 aliphatic carbocycles. The molecule has 2 heteroatoms. The van der Waals surface area contributed by atoms with Crippen molar-refractivity contribution in [1.82, 2.24) is 4.90 Å². The molecule has 1 heterocycles. The molecule has 18 heavy (non-hydrogen) atoms. The quantitative estimate of drug-likeness (QED) is 0.865. The van der Waals surface area contributed by atoms with Gasteiger partial charge in [-0.3, -0.25) is 0 Å². The average Bonchev–Trinajstić information content (AvgIpc) is 2.61. The molecule has 1 aromatic rings. The predicted octanol–water partition coefficient (Wildman–Crippen LogP) is 2.60. The first-order valence-corrected chi connectivity index (χ1v) is 7.34. The van der Waals surface area contributed by atoms with Crippen LogP contribution in [0.15, 0.2) is 24.3 Å². The number of rotatable bonds is 5.